The molecule has 4 nitrogen and oxygen atoms in total. The van der Waals surface area contributed by atoms with Crippen LogP contribution in [0.2, 0.25) is 0 Å². The Kier molecular flexibility index (Phi) is 4.19. The Morgan fingerprint density at radius 2 is 1.75 bits per heavy atom. The first kappa shape index (κ1) is 14.3. The van der Waals surface area contributed by atoms with Crippen molar-refractivity contribution in [2.24, 2.45) is 0 Å². The number of hydrogen-bond acceptors (Lipinski definition) is 4. The van der Waals surface area contributed by atoms with Crippen LogP contribution in [0, 0.1) is 0 Å². The van der Waals surface area contributed by atoms with E-state index in [4.69, 9.17) is 4.74 Å². The summed E-state index contributed by atoms with van der Waals surface area (Å²) in [5.74, 6) is 0.498. The van der Waals surface area contributed by atoms with Crippen molar-refractivity contribution in [3.63, 3.8) is 0 Å². The number of benzene rings is 1. The molecule has 0 amide bonds. The summed E-state index contributed by atoms with van der Waals surface area (Å²) < 4.78 is 42.3. The van der Waals surface area contributed by atoms with Crippen LogP contribution in [0.4, 0.5) is 13.2 Å². The molecule has 0 saturated heterocycles. The van der Waals surface area contributed by atoms with Gasteiger partial charge in [-0.05, 0) is 30.8 Å². The number of aromatic nitrogens is 2. The van der Waals surface area contributed by atoms with Gasteiger partial charge >= 0.3 is 6.18 Å². The van der Waals surface area contributed by atoms with Gasteiger partial charge in [0.2, 0.25) is 5.88 Å². The molecule has 1 aromatic carbocycles. The van der Waals surface area contributed by atoms with Crippen molar-refractivity contribution in [1.82, 2.24) is 15.5 Å². The van der Waals surface area contributed by atoms with Crippen LogP contribution in [0.3, 0.4) is 0 Å². The highest BCUT2D eigenvalue weighted by atomic mass is 19.4. The SMILES string of the molecule is CNCc1ccc(Oc2ccc(C(F)(F)F)nn2)cc1. The molecule has 20 heavy (non-hydrogen) atoms. The molecule has 7 heteroatoms. The van der Waals surface area contributed by atoms with E-state index < -0.39 is 11.9 Å². The molecule has 2 rings (SSSR count). The van der Waals surface area contributed by atoms with E-state index in [0.717, 1.165) is 24.2 Å². The van der Waals surface area contributed by atoms with Crippen LogP contribution < -0.4 is 10.1 Å². The van der Waals surface area contributed by atoms with Gasteiger partial charge in [-0.3, -0.25) is 0 Å². The van der Waals surface area contributed by atoms with Gasteiger partial charge < -0.3 is 10.1 Å². The Bertz CT molecular complexity index is 553. The zero-order valence-corrected chi connectivity index (χ0v) is 10.6. The molecule has 1 N–H and O–H groups in total. The first-order valence-corrected chi connectivity index (χ1v) is 5.81. The van der Waals surface area contributed by atoms with E-state index in [1.165, 1.54) is 0 Å². The van der Waals surface area contributed by atoms with Crippen molar-refractivity contribution < 1.29 is 17.9 Å². The number of nitrogens with one attached hydrogen (secondary N) is 1. The molecule has 0 aliphatic rings. The molecule has 0 aliphatic heterocycles. The number of nitrogens with zero attached hydrogens (tertiary/aromatic N) is 2. The highest BCUT2D eigenvalue weighted by Gasteiger charge is 2.32. The monoisotopic (exact) mass is 283 g/mol. The fourth-order valence-corrected chi connectivity index (χ4v) is 1.53. The van der Waals surface area contributed by atoms with E-state index in [1.54, 1.807) is 12.1 Å². The fraction of sp³-hybridized carbons (Fsp3) is 0.231. The quantitative estimate of drug-likeness (QED) is 0.937. The van der Waals surface area contributed by atoms with Crippen molar-refractivity contribution in [3.8, 4) is 11.6 Å². The van der Waals surface area contributed by atoms with Gasteiger partial charge in [-0.2, -0.15) is 13.2 Å². The molecule has 0 saturated carbocycles. The number of hydrogen-bond donors (Lipinski definition) is 1. The number of rotatable bonds is 4. The van der Waals surface area contributed by atoms with Crippen molar-refractivity contribution in [1.29, 1.82) is 0 Å². The normalized spacial score (nSPS) is 11.4. The summed E-state index contributed by atoms with van der Waals surface area (Å²) in [5.41, 5.74) is 0.0209. The van der Waals surface area contributed by atoms with Crippen LogP contribution in [-0.4, -0.2) is 17.2 Å². The van der Waals surface area contributed by atoms with Gasteiger partial charge in [0.15, 0.2) is 5.69 Å². The number of halogens is 3. The van der Waals surface area contributed by atoms with Crippen molar-refractivity contribution in [3.05, 3.63) is 47.7 Å². The molecule has 1 heterocycles. The summed E-state index contributed by atoms with van der Waals surface area (Å²) in [6, 6.07) is 9.10. The van der Waals surface area contributed by atoms with Gasteiger partial charge in [0.05, 0.1) is 0 Å². The molecule has 0 aliphatic carbocycles. The average Bonchev–Trinajstić information content (AvgIpc) is 2.41. The smallest absolute Gasteiger partial charge is 0.435 e. The minimum atomic E-state index is -4.50. The van der Waals surface area contributed by atoms with Crippen LogP contribution in [0.15, 0.2) is 36.4 Å². The summed E-state index contributed by atoms with van der Waals surface area (Å²) in [4.78, 5) is 0. The van der Waals surface area contributed by atoms with Crippen LogP contribution in [-0.2, 0) is 12.7 Å². The summed E-state index contributed by atoms with van der Waals surface area (Å²) >= 11 is 0. The second-order valence-electron chi connectivity index (χ2n) is 4.03. The topological polar surface area (TPSA) is 47.0 Å². The largest absolute Gasteiger partial charge is 0.438 e. The van der Waals surface area contributed by atoms with E-state index in [-0.39, 0.29) is 5.88 Å². The molecule has 1 aromatic heterocycles. The minimum Gasteiger partial charge on any atom is -0.438 e. The molecule has 0 bridgehead atoms. The van der Waals surface area contributed by atoms with Crippen LogP contribution in [0.5, 0.6) is 11.6 Å². The lowest BCUT2D eigenvalue weighted by atomic mass is 10.2. The van der Waals surface area contributed by atoms with Crippen molar-refractivity contribution in [2.75, 3.05) is 7.05 Å². The van der Waals surface area contributed by atoms with Gasteiger partial charge in [0.1, 0.15) is 5.75 Å². The average molecular weight is 283 g/mol. The van der Waals surface area contributed by atoms with Crippen LogP contribution in [0.25, 0.3) is 0 Å². The van der Waals surface area contributed by atoms with Crippen molar-refractivity contribution in [2.45, 2.75) is 12.7 Å². The predicted octanol–water partition coefficient (Wildman–Crippen LogP) is 3.01. The lowest BCUT2D eigenvalue weighted by molar-refractivity contribution is -0.141. The molecular weight excluding hydrogens is 271 g/mol. The third-order valence-corrected chi connectivity index (χ3v) is 2.46. The van der Waals surface area contributed by atoms with E-state index in [0.29, 0.717) is 5.75 Å². The Hall–Kier alpha value is -2.15. The second-order valence-corrected chi connectivity index (χ2v) is 4.03. The van der Waals surface area contributed by atoms with E-state index >= 15 is 0 Å². The van der Waals surface area contributed by atoms with Crippen LogP contribution in [0.1, 0.15) is 11.3 Å². The number of ether oxygens (including phenoxy) is 1. The van der Waals surface area contributed by atoms with Gasteiger partial charge in [0, 0.05) is 12.6 Å². The Balaban J connectivity index is 2.06. The third-order valence-electron chi connectivity index (χ3n) is 2.46. The summed E-state index contributed by atoms with van der Waals surface area (Å²) in [7, 11) is 1.84. The molecule has 106 valence electrons. The fourth-order valence-electron chi connectivity index (χ4n) is 1.53. The molecular formula is C13H12F3N3O. The van der Waals surface area contributed by atoms with E-state index in [1.807, 2.05) is 19.2 Å². The second kappa shape index (κ2) is 5.87. The van der Waals surface area contributed by atoms with Gasteiger partial charge in [-0.15, -0.1) is 10.2 Å². The maximum Gasteiger partial charge on any atom is 0.435 e. The lowest BCUT2D eigenvalue weighted by Crippen LogP contribution is -2.08. The molecule has 0 unspecified atom stereocenters. The third kappa shape index (κ3) is 3.67. The van der Waals surface area contributed by atoms with Gasteiger partial charge in [-0.25, -0.2) is 0 Å². The first-order valence-electron chi connectivity index (χ1n) is 5.81. The number of alkyl halides is 3. The molecule has 0 spiro atoms. The summed E-state index contributed by atoms with van der Waals surface area (Å²) in [6.07, 6.45) is -4.50. The minimum absolute atomic E-state index is 0.0133. The summed E-state index contributed by atoms with van der Waals surface area (Å²) in [5, 5.41) is 9.48. The zero-order chi connectivity index (χ0) is 14.6. The molecule has 2 aromatic rings. The van der Waals surface area contributed by atoms with Gasteiger partial charge in [0.25, 0.3) is 0 Å². The molecule has 0 atom stereocenters. The maximum atomic E-state index is 12.3. The summed E-state index contributed by atoms with van der Waals surface area (Å²) in [6.45, 7) is 0.723. The predicted molar refractivity (Wildman–Crippen MR) is 66.3 cm³/mol. The Morgan fingerprint density at radius 3 is 2.25 bits per heavy atom. The zero-order valence-electron chi connectivity index (χ0n) is 10.6. The Labute approximate surface area is 113 Å². The van der Waals surface area contributed by atoms with E-state index in [9.17, 15) is 13.2 Å². The van der Waals surface area contributed by atoms with Crippen LogP contribution >= 0.6 is 0 Å². The maximum absolute atomic E-state index is 12.3. The standard InChI is InChI=1S/C13H12F3N3O/c1-17-8-9-2-4-10(5-3-9)20-12-7-6-11(18-19-12)13(14,15)16/h2-7,17H,8H2,1H3. The van der Waals surface area contributed by atoms with E-state index in [2.05, 4.69) is 15.5 Å². The highest BCUT2D eigenvalue weighted by Crippen LogP contribution is 2.28. The first-order chi connectivity index (χ1) is 9.49. The molecule has 0 radical (unpaired) electrons. The Morgan fingerprint density at radius 1 is 1.05 bits per heavy atom. The van der Waals surface area contributed by atoms with Gasteiger partial charge in [-0.1, -0.05) is 12.1 Å². The van der Waals surface area contributed by atoms with Crippen molar-refractivity contribution >= 4 is 0 Å². The lowest BCUT2D eigenvalue weighted by Gasteiger charge is -2.07. The molecule has 0 fully saturated rings. The highest BCUT2D eigenvalue weighted by molar-refractivity contribution is 5.30.